The lowest BCUT2D eigenvalue weighted by atomic mass is 10.1. The fourth-order valence-corrected chi connectivity index (χ4v) is 2.22. The van der Waals surface area contributed by atoms with Crippen LogP contribution >= 0.6 is 0 Å². The van der Waals surface area contributed by atoms with Crippen molar-refractivity contribution in [3.05, 3.63) is 71.9 Å². The smallest absolute Gasteiger partial charge is 0.289 e. The van der Waals surface area contributed by atoms with E-state index in [2.05, 4.69) is 15.5 Å². The maximum Gasteiger partial charge on any atom is 0.289 e. The summed E-state index contributed by atoms with van der Waals surface area (Å²) in [6, 6.07) is 17.9. The van der Waals surface area contributed by atoms with Crippen LogP contribution in [0.4, 0.5) is 0 Å². The molecule has 2 N–H and O–H groups in total. The van der Waals surface area contributed by atoms with Crippen molar-refractivity contribution in [1.82, 2.24) is 10.4 Å². The summed E-state index contributed by atoms with van der Waals surface area (Å²) in [6.07, 6.45) is 0. The Labute approximate surface area is 133 Å². The number of aromatic nitrogens is 1. The van der Waals surface area contributed by atoms with E-state index >= 15 is 0 Å². The number of nitrogens with zero attached hydrogens (tertiary/aromatic N) is 2. The molecule has 1 aromatic heterocycles. The van der Waals surface area contributed by atoms with Gasteiger partial charge in [0, 0.05) is 10.9 Å². The summed E-state index contributed by atoms with van der Waals surface area (Å²) in [5, 5.41) is 14.8. The number of para-hydroxylation sites is 2. The van der Waals surface area contributed by atoms with Crippen molar-refractivity contribution in [2.75, 3.05) is 0 Å². The number of aromatic hydroxyl groups is 1. The van der Waals surface area contributed by atoms with Crippen molar-refractivity contribution in [2.45, 2.75) is 6.92 Å². The molecule has 0 unspecified atom stereocenters. The molecule has 0 radical (unpaired) electrons. The standard InChI is InChI=1S/C18H15N3O2/c1-12(14-7-3-5-9-17(14)22)20-21-18(23)16-11-10-13-6-2-4-8-15(13)19-16/h2-11,22H,1H3,(H,21,23)/b20-12-. The molecule has 2 aromatic carbocycles. The number of fused-ring (bicyclic) bond motifs is 1. The minimum Gasteiger partial charge on any atom is -0.507 e. The lowest BCUT2D eigenvalue weighted by molar-refractivity contribution is 0.0950. The Morgan fingerprint density at radius 2 is 1.78 bits per heavy atom. The van der Waals surface area contributed by atoms with Crippen LogP contribution in [0.5, 0.6) is 5.75 Å². The number of hydrazone groups is 1. The van der Waals surface area contributed by atoms with Crippen LogP contribution in [-0.2, 0) is 0 Å². The van der Waals surface area contributed by atoms with Gasteiger partial charge in [-0.3, -0.25) is 4.79 Å². The normalized spacial score (nSPS) is 11.4. The van der Waals surface area contributed by atoms with Crippen LogP contribution in [0.25, 0.3) is 10.9 Å². The van der Waals surface area contributed by atoms with Crippen LogP contribution in [0.3, 0.4) is 0 Å². The first-order chi connectivity index (χ1) is 11.1. The zero-order chi connectivity index (χ0) is 16.2. The van der Waals surface area contributed by atoms with Crippen LogP contribution in [0, 0.1) is 0 Å². The fraction of sp³-hybridized carbons (Fsp3) is 0.0556. The fourth-order valence-electron chi connectivity index (χ4n) is 2.22. The highest BCUT2D eigenvalue weighted by Crippen LogP contribution is 2.16. The number of amides is 1. The van der Waals surface area contributed by atoms with Gasteiger partial charge in [-0.25, -0.2) is 10.4 Å². The van der Waals surface area contributed by atoms with Gasteiger partial charge in [0.2, 0.25) is 0 Å². The number of hydrogen-bond donors (Lipinski definition) is 2. The topological polar surface area (TPSA) is 74.6 Å². The number of carbonyl (C=O) groups excluding carboxylic acids is 1. The first kappa shape index (κ1) is 14.7. The van der Waals surface area contributed by atoms with Gasteiger partial charge in [0.1, 0.15) is 11.4 Å². The van der Waals surface area contributed by atoms with Gasteiger partial charge < -0.3 is 5.11 Å². The Hall–Kier alpha value is -3.21. The summed E-state index contributed by atoms with van der Waals surface area (Å²) in [7, 11) is 0. The molecule has 0 atom stereocenters. The SMILES string of the molecule is C/C(=N/NC(=O)c1ccc2ccccc2n1)c1ccccc1O. The van der Waals surface area contributed by atoms with E-state index in [0.29, 0.717) is 11.3 Å². The predicted molar refractivity (Wildman–Crippen MR) is 89.5 cm³/mol. The molecule has 3 rings (SSSR count). The lowest BCUT2D eigenvalue weighted by Gasteiger charge is -2.05. The monoisotopic (exact) mass is 305 g/mol. The van der Waals surface area contributed by atoms with Crippen molar-refractivity contribution >= 4 is 22.5 Å². The van der Waals surface area contributed by atoms with Crippen LogP contribution in [0.2, 0.25) is 0 Å². The predicted octanol–water partition coefficient (Wildman–Crippen LogP) is 3.09. The number of benzene rings is 2. The Kier molecular flexibility index (Phi) is 4.01. The van der Waals surface area contributed by atoms with Gasteiger partial charge >= 0.3 is 0 Å². The molecule has 114 valence electrons. The molecule has 0 aliphatic carbocycles. The van der Waals surface area contributed by atoms with Gasteiger partial charge in [0.15, 0.2) is 0 Å². The van der Waals surface area contributed by atoms with E-state index in [-0.39, 0.29) is 11.4 Å². The number of phenolic OH excluding ortho intramolecular Hbond substituents is 1. The van der Waals surface area contributed by atoms with Crippen molar-refractivity contribution in [3.63, 3.8) is 0 Å². The van der Waals surface area contributed by atoms with Gasteiger partial charge in [-0.15, -0.1) is 0 Å². The third kappa shape index (κ3) is 3.18. The van der Waals surface area contributed by atoms with Gasteiger partial charge in [0.25, 0.3) is 5.91 Å². The first-order valence-corrected chi connectivity index (χ1v) is 7.14. The van der Waals surface area contributed by atoms with Crippen molar-refractivity contribution < 1.29 is 9.90 Å². The molecule has 0 spiro atoms. The second-order valence-corrected chi connectivity index (χ2v) is 5.04. The molecule has 1 amide bonds. The third-order valence-corrected chi connectivity index (χ3v) is 3.45. The quantitative estimate of drug-likeness (QED) is 0.577. The van der Waals surface area contributed by atoms with E-state index in [1.54, 1.807) is 37.3 Å². The summed E-state index contributed by atoms with van der Waals surface area (Å²) in [5.74, 6) is -0.280. The summed E-state index contributed by atoms with van der Waals surface area (Å²) in [6.45, 7) is 1.71. The Morgan fingerprint density at radius 3 is 2.61 bits per heavy atom. The van der Waals surface area contributed by atoms with E-state index in [0.717, 1.165) is 10.9 Å². The van der Waals surface area contributed by atoms with Gasteiger partial charge in [0.05, 0.1) is 11.2 Å². The summed E-state index contributed by atoms with van der Waals surface area (Å²) in [5.41, 5.74) is 4.59. The molecule has 5 nitrogen and oxygen atoms in total. The van der Waals surface area contributed by atoms with Crippen LogP contribution in [0.15, 0.2) is 65.8 Å². The molecule has 0 aliphatic heterocycles. The number of carbonyl (C=O) groups is 1. The maximum atomic E-state index is 12.2. The maximum absolute atomic E-state index is 12.2. The van der Waals surface area contributed by atoms with E-state index in [9.17, 15) is 9.90 Å². The van der Waals surface area contributed by atoms with Crippen LogP contribution in [-0.4, -0.2) is 21.7 Å². The van der Waals surface area contributed by atoms with E-state index in [1.165, 1.54) is 0 Å². The van der Waals surface area contributed by atoms with E-state index in [4.69, 9.17) is 0 Å². The molecule has 0 saturated carbocycles. The summed E-state index contributed by atoms with van der Waals surface area (Å²) in [4.78, 5) is 16.5. The Bertz CT molecular complexity index is 903. The molecule has 5 heteroatoms. The third-order valence-electron chi connectivity index (χ3n) is 3.45. The molecular formula is C18H15N3O2. The van der Waals surface area contributed by atoms with Crippen molar-refractivity contribution in [1.29, 1.82) is 0 Å². The second-order valence-electron chi connectivity index (χ2n) is 5.04. The van der Waals surface area contributed by atoms with Crippen LogP contribution < -0.4 is 5.43 Å². The van der Waals surface area contributed by atoms with Crippen molar-refractivity contribution in [2.24, 2.45) is 5.10 Å². The number of pyridine rings is 1. The molecule has 3 aromatic rings. The summed E-state index contributed by atoms with van der Waals surface area (Å²) >= 11 is 0. The highest BCUT2D eigenvalue weighted by atomic mass is 16.3. The number of rotatable bonds is 3. The minimum absolute atomic E-state index is 0.117. The molecule has 1 heterocycles. The average molecular weight is 305 g/mol. The average Bonchev–Trinajstić information content (AvgIpc) is 2.59. The van der Waals surface area contributed by atoms with E-state index in [1.807, 2.05) is 30.3 Å². The molecule has 0 saturated heterocycles. The number of phenols is 1. The van der Waals surface area contributed by atoms with Crippen molar-refractivity contribution in [3.8, 4) is 5.75 Å². The highest BCUT2D eigenvalue weighted by molar-refractivity contribution is 6.02. The highest BCUT2D eigenvalue weighted by Gasteiger charge is 2.08. The van der Waals surface area contributed by atoms with Gasteiger partial charge in [-0.2, -0.15) is 5.10 Å². The lowest BCUT2D eigenvalue weighted by Crippen LogP contribution is -2.20. The van der Waals surface area contributed by atoms with E-state index < -0.39 is 5.91 Å². The molecule has 0 bridgehead atoms. The second kappa shape index (κ2) is 6.27. The molecular weight excluding hydrogens is 290 g/mol. The zero-order valence-electron chi connectivity index (χ0n) is 12.5. The largest absolute Gasteiger partial charge is 0.507 e. The number of nitrogens with one attached hydrogen (secondary N) is 1. The molecule has 0 aliphatic rings. The summed E-state index contributed by atoms with van der Waals surface area (Å²) < 4.78 is 0. The minimum atomic E-state index is -0.398. The Balaban J connectivity index is 1.80. The van der Waals surface area contributed by atoms with Crippen LogP contribution in [0.1, 0.15) is 23.0 Å². The Morgan fingerprint density at radius 1 is 1.04 bits per heavy atom. The zero-order valence-corrected chi connectivity index (χ0v) is 12.5. The number of hydrogen-bond acceptors (Lipinski definition) is 4. The van der Waals surface area contributed by atoms with Gasteiger partial charge in [-0.05, 0) is 31.2 Å². The first-order valence-electron chi connectivity index (χ1n) is 7.14. The van der Waals surface area contributed by atoms with Gasteiger partial charge in [-0.1, -0.05) is 36.4 Å². The molecule has 0 fully saturated rings. The molecule has 23 heavy (non-hydrogen) atoms.